The highest BCUT2D eigenvalue weighted by molar-refractivity contribution is 7.09. The third kappa shape index (κ3) is 3.83. The summed E-state index contributed by atoms with van der Waals surface area (Å²) in [5, 5.41) is 3.08. The fourth-order valence-electron chi connectivity index (χ4n) is 2.87. The standard InChI is InChI=1S/C16H27N3OS/c1-11(2)19-8-6-14(7-9-19)16(20)18(5)13(4)15-17-12(3)10-21-15/h10-11,13-14H,6-9H2,1-5H3. The fourth-order valence-corrected chi connectivity index (χ4v) is 3.77. The van der Waals surface area contributed by atoms with E-state index < -0.39 is 0 Å². The van der Waals surface area contributed by atoms with Gasteiger partial charge in [-0.25, -0.2) is 4.98 Å². The van der Waals surface area contributed by atoms with Crippen LogP contribution in [-0.4, -0.2) is 46.9 Å². The number of nitrogens with zero attached hydrogens (tertiary/aromatic N) is 3. The van der Waals surface area contributed by atoms with E-state index in [1.54, 1.807) is 11.3 Å². The zero-order valence-corrected chi connectivity index (χ0v) is 14.6. The molecule has 1 fully saturated rings. The van der Waals surface area contributed by atoms with Gasteiger partial charge in [-0.15, -0.1) is 11.3 Å². The first kappa shape index (κ1) is 16.4. The van der Waals surface area contributed by atoms with E-state index >= 15 is 0 Å². The van der Waals surface area contributed by atoms with E-state index in [1.165, 1.54) is 0 Å². The molecule has 1 amide bonds. The Morgan fingerprint density at radius 2 is 2.00 bits per heavy atom. The number of hydrogen-bond acceptors (Lipinski definition) is 4. The average molecular weight is 309 g/mol. The van der Waals surface area contributed by atoms with Crippen molar-refractivity contribution in [3.05, 3.63) is 16.1 Å². The molecule has 2 rings (SSSR count). The SMILES string of the molecule is Cc1csc(C(C)N(C)C(=O)C2CCN(C(C)C)CC2)n1. The highest BCUT2D eigenvalue weighted by Gasteiger charge is 2.30. The molecule has 1 aliphatic heterocycles. The molecule has 118 valence electrons. The van der Waals surface area contributed by atoms with Crippen molar-refractivity contribution in [2.45, 2.75) is 52.6 Å². The quantitative estimate of drug-likeness (QED) is 0.857. The van der Waals surface area contributed by atoms with Gasteiger partial charge in [0, 0.05) is 30.1 Å². The highest BCUT2D eigenvalue weighted by Crippen LogP contribution is 2.27. The second kappa shape index (κ2) is 6.88. The van der Waals surface area contributed by atoms with Gasteiger partial charge in [-0.05, 0) is 53.6 Å². The summed E-state index contributed by atoms with van der Waals surface area (Å²) in [5.41, 5.74) is 1.04. The predicted octanol–water partition coefficient (Wildman–Crippen LogP) is 3.09. The molecule has 1 aliphatic rings. The van der Waals surface area contributed by atoms with Crippen LogP contribution >= 0.6 is 11.3 Å². The van der Waals surface area contributed by atoms with Crippen molar-refractivity contribution in [2.75, 3.05) is 20.1 Å². The first-order valence-corrected chi connectivity index (χ1v) is 8.71. The van der Waals surface area contributed by atoms with E-state index in [4.69, 9.17) is 0 Å². The number of amides is 1. The smallest absolute Gasteiger partial charge is 0.226 e. The molecule has 1 atom stereocenters. The van der Waals surface area contributed by atoms with Gasteiger partial charge in [0.1, 0.15) is 5.01 Å². The maximum absolute atomic E-state index is 12.7. The Morgan fingerprint density at radius 3 is 2.48 bits per heavy atom. The van der Waals surface area contributed by atoms with Crippen LogP contribution in [0.25, 0.3) is 0 Å². The number of thiazole rings is 1. The van der Waals surface area contributed by atoms with Gasteiger partial charge < -0.3 is 9.80 Å². The third-order valence-electron chi connectivity index (χ3n) is 4.53. The average Bonchev–Trinajstić information content (AvgIpc) is 2.91. The van der Waals surface area contributed by atoms with Crippen LogP contribution in [-0.2, 0) is 4.79 Å². The van der Waals surface area contributed by atoms with E-state index in [-0.39, 0.29) is 17.9 Å². The third-order valence-corrected chi connectivity index (χ3v) is 5.66. The topological polar surface area (TPSA) is 36.4 Å². The van der Waals surface area contributed by atoms with Gasteiger partial charge in [0.15, 0.2) is 0 Å². The summed E-state index contributed by atoms with van der Waals surface area (Å²) < 4.78 is 0. The minimum Gasteiger partial charge on any atom is -0.336 e. The Bertz CT molecular complexity index is 478. The fraction of sp³-hybridized carbons (Fsp3) is 0.750. The molecule has 0 N–H and O–H groups in total. The molecule has 21 heavy (non-hydrogen) atoms. The van der Waals surface area contributed by atoms with Crippen LogP contribution in [0.3, 0.4) is 0 Å². The molecule has 0 aliphatic carbocycles. The number of likely N-dealkylation sites (tertiary alicyclic amines) is 1. The molecule has 0 radical (unpaired) electrons. The van der Waals surface area contributed by atoms with Crippen LogP contribution in [0, 0.1) is 12.8 Å². The van der Waals surface area contributed by atoms with E-state index in [2.05, 4.69) is 30.7 Å². The Hall–Kier alpha value is -0.940. The Kier molecular flexibility index (Phi) is 5.38. The zero-order valence-electron chi connectivity index (χ0n) is 13.8. The summed E-state index contributed by atoms with van der Waals surface area (Å²) >= 11 is 1.64. The minimum absolute atomic E-state index is 0.0688. The molecule has 0 bridgehead atoms. The maximum Gasteiger partial charge on any atom is 0.226 e. The van der Waals surface area contributed by atoms with Crippen LogP contribution in [0.1, 0.15) is 50.4 Å². The lowest BCUT2D eigenvalue weighted by atomic mass is 9.94. The lowest BCUT2D eigenvalue weighted by Crippen LogP contribution is -2.44. The van der Waals surface area contributed by atoms with Crippen molar-refractivity contribution in [1.82, 2.24) is 14.8 Å². The number of rotatable bonds is 4. The first-order valence-electron chi connectivity index (χ1n) is 7.83. The number of aryl methyl sites for hydroxylation is 1. The summed E-state index contributed by atoms with van der Waals surface area (Å²) in [5.74, 6) is 0.451. The molecular formula is C16H27N3OS. The molecule has 5 heteroatoms. The molecule has 2 heterocycles. The molecule has 1 saturated heterocycles. The Morgan fingerprint density at radius 1 is 1.38 bits per heavy atom. The molecule has 1 unspecified atom stereocenters. The van der Waals surface area contributed by atoms with Gasteiger partial charge in [-0.2, -0.15) is 0 Å². The summed E-state index contributed by atoms with van der Waals surface area (Å²) in [6, 6.07) is 0.648. The minimum atomic E-state index is 0.0688. The highest BCUT2D eigenvalue weighted by atomic mass is 32.1. The van der Waals surface area contributed by atoms with E-state index in [0.717, 1.165) is 36.6 Å². The van der Waals surface area contributed by atoms with Crippen LogP contribution in [0.15, 0.2) is 5.38 Å². The van der Waals surface area contributed by atoms with Crippen LogP contribution < -0.4 is 0 Å². The monoisotopic (exact) mass is 309 g/mol. The summed E-state index contributed by atoms with van der Waals surface area (Å²) in [4.78, 5) is 21.5. The van der Waals surface area contributed by atoms with Gasteiger partial charge in [0.05, 0.1) is 6.04 Å². The lowest BCUT2D eigenvalue weighted by molar-refractivity contribution is -0.137. The summed E-state index contributed by atoms with van der Waals surface area (Å²) in [7, 11) is 1.92. The molecular weight excluding hydrogens is 282 g/mol. The second-order valence-corrected chi connectivity index (χ2v) is 7.25. The van der Waals surface area contributed by atoms with Crippen molar-refractivity contribution in [1.29, 1.82) is 0 Å². The summed E-state index contributed by atoms with van der Waals surface area (Å²) in [6.45, 7) is 10.6. The van der Waals surface area contributed by atoms with Gasteiger partial charge in [0.25, 0.3) is 0 Å². The van der Waals surface area contributed by atoms with Crippen molar-refractivity contribution in [3.8, 4) is 0 Å². The number of carbonyl (C=O) groups excluding carboxylic acids is 1. The van der Waals surface area contributed by atoms with Crippen molar-refractivity contribution in [3.63, 3.8) is 0 Å². The molecule has 0 saturated carbocycles. The largest absolute Gasteiger partial charge is 0.336 e. The van der Waals surface area contributed by atoms with Gasteiger partial charge in [0.2, 0.25) is 5.91 Å². The predicted molar refractivity (Wildman–Crippen MR) is 87.5 cm³/mol. The van der Waals surface area contributed by atoms with Gasteiger partial charge in [-0.1, -0.05) is 0 Å². The number of carbonyl (C=O) groups is 1. The van der Waals surface area contributed by atoms with Crippen molar-refractivity contribution >= 4 is 17.2 Å². The lowest BCUT2D eigenvalue weighted by Gasteiger charge is -2.36. The van der Waals surface area contributed by atoms with E-state index in [0.29, 0.717) is 6.04 Å². The Balaban J connectivity index is 1.94. The second-order valence-electron chi connectivity index (χ2n) is 6.36. The normalized spacial score (nSPS) is 19.0. The van der Waals surface area contributed by atoms with E-state index in [9.17, 15) is 4.79 Å². The molecule has 4 nitrogen and oxygen atoms in total. The number of hydrogen-bond donors (Lipinski definition) is 0. The number of aromatic nitrogens is 1. The van der Waals surface area contributed by atoms with Crippen LogP contribution in [0.4, 0.5) is 0 Å². The zero-order chi connectivity index (χ0) is 15.6. The number of piperidine rings is 1. The maximum atomic E-state index is 12.7. The molecule has 1 aromatic rings. The molecule has 1 aromatic heterocycles. The molecule has 0 spiro atoms. The summed E-state index contributed by atoms with van der Waals surface area (Å²) in [6.07, 6.45) is 1.95. The van der Waals surface area contributed by atoms with Crippen LogP contribution in [0.5, 0.6) is 0 Å². The molecule has 0 aromatic carbocycles. The van der Waals surface area contributed by atoms with Crippen molar-refractivity contribution < 1.29 is 4.79 Å². The van der Waals surface area contributed by atoms with Gasteiger partial charge >= 0.3 is 0 Å². The van der Waals surface area contributed by atoms with Crippen LogP contribution in [0.2, 0.25) is 0 Å². The van der Waals surface area contributed by atoms with Gasteiger partial charge in [-0.3, -0.25) is 4.79 Å². The first-order chi connectivity index (χ1) is 9.90. The Labute approximate surface area is 132 Å². The van der Waals surface area contributed by atoms with E-state index in [1.807, 2.05) is 24.3 Å². The van der Waals surface area contributed by atoms with Crippen molar-refractivity contribution in [2.24, 2.45) is 5.92 Å².